The van der Waals surface area contributed by atoms with Gasteiger partial charge in [-0.25, -0.2) is 8.42 Å². The van der Waals surface area contributed by atoms with Crippen molar-refractivity contribution in [2.75, 3.05) is 30.6 Å². The lowest BCUT2D eigenvalue weighted by atomic mass is 10.0. The Morgan fingerprint density at radius 1 is 1.40 bits per heavy atom. The summed E-state index contributed by atoms with van der Waals surface area (Å²) in [6.45, 7) is 4.40. The average Bonchev–Trinajstić information content (AvgIpc) is 2.15. The zero-order chi connectivity index (χ0) is 11.9. The van der Waals surface area contributed by atoms with Gasteiger partial charge in [0.05, 0.1) is 5.75 Å². The molecule has 0 fully saturated rings. The lowest BCUT2D eigenvalue weighted by molar-refractivity contribution is 0.420. The van der Waals surface area contributed by atoms with Crippen molar-refractivity contribution in [1.29, 1.82) is 0 Å². The van der Waals surface area contributed by atoms with E-state index in [0.717, 1.165) is 12.2 Å². The predicted molar refractivity (Wildman–Crippen MR) is 69.3 cm³/mol. The highest BCUT2D eigenvalue weighted by Gasteiger charge is 2.13. The van der Waals surface area contributed by atoms with Crippen LogP contribution in [0.4, 0.5) is 0 Å². The second-order valence-corrected chi connectivity index (χ2v) is 7.40. The number of thioether (sulfide) groups is 1. The summed E-state index contributed by atoms with van der Waals surface area (Å²) in [5.41, 5.74) is 0. The van der Waals surface area contributed by atoms with Gasteiger partial charge < -0.3 is 5.32 Å². The molecule has 0 aliphatic rings. The SMILES string of the molecule is CCC(C)C(CSCCS(C)(=O)=O)NC. The van der Waals surface area contributed by atoms with E-state index >= 15 is 0 Å². The van der Waals surface area contributed by atoms with Gasteiger partial charge in [0.25, 0.3) is 0 Å². The minimum Gasteiger partial charge on any atom is -0.316 e. The lowest BCUT2D eigenvalue weighted by Gasteiger charge is -2.21. The molecule has 5 heteroatoms. The second kappa shape index (κ2) is 7.52. The molecule has 0 aliphatic carbocycles. The molecule has 92 valence electrons. The van der Waals surface area contributed by atoms with Crippen LogP contribution in [-0.2, 0) is 9.84 Å². The molecule has 15 heavy (non-hydrogen) atoms. The van der Waals surface area contributed by atoms with E-state index < -0.39 is 9.84 Å². The highest BCUT2D eigenvalue weighted by atomic mass is 32.2. The fraction of sp³-hybridized carbons (Fsp3) is 1.00. The molecule has 0 aromatic carbocycles. The largest absolute Gasteiger partial charge is 0.316 e. The van der Waals surface area contributed by atoms with E-state index in [1.807, 2.05) is 7.05 Å². The smallest absolute Gasteiger partial charge is 0.148 e. The summed E-state index contributed by atoms with van der Waals surface area (Å²) in [6.07, 6.45) is 2.44. The van der Waals surface area contributed by atoms with Crippen molar-refractivity contribution in [3.8, 4) is 0 Å². The third-order valence-electron chi connectivity index (χ3n) is 2.60. The number of rotatable bonds is 8. The summed E-state index contributed by atoms with van der Waals surface area (Å²) in [4.78, 5) is 0. The van der Waals surface area contributed by atoms with E-state index in [-0.39, 0.29) is 5.75 Å². The molecule has 0 saturated heterocycles. The van der Waals surface area contributed by atoms with Crippen molar-refractivity contribution in [3.05, 3.63) is 0 Å². The van der Waals surface area contributed by atoms with E-state index in [1.165, 1.54) is 6.26 Å². The topological polar surface area (TPSA) is 46.2 Å². The van der Waals surface area contributed by atoms with Crippen LogP contribution in [0.3, 0.4) is 0 Å². The summed E-state index contributed by atoms with van der Waals surface area (Å²) < 4.78 is 21.8. The van der Waals surface area contributed by atoms with Gasteiger partial charge in [-0.1, -0.05) is 20.3 Å². The monoisotopic (exact) mass is 253 g/mol. The molecular weight excluding hydrogens is 230 g/mol. The second-order valence-electron chi connectivity index (χ2n) is 3.99. The zero-order valence-corrected chi connectivity index (χ0v) is 11.7. The van der Waals surface area contributed by atoms with Crippen molar-refractivity contribution in [2.45, 2.75) is 26.3 Å². The van der Waals surface area contributed by atoms with Crippen LogP contribution in [0, 0.1) is 5.92 Å². The van der Waals surface area contributed by atoms with Crippen LogP contribution in [0.1, 0.15) is 20.3 Å². The van der Waals surface area contributed by atoms with Crippen molar-refractivity contribution < 1.29 is 8.42 Å². The third-order valence-corrected chi connectivity index (χ3v) is 4.89. The van der Waals surface area contributed by atoms with Gasteiger partial charge in [-0.15, -0.1) is 0 Å². The Kier molecular flexibility index (Phi) is 7.65. The van der Waals surface area contributed by atoms with Gasteiger partial charge in [0.15, 0.2) is 0 Å². The Balaban J connectivity index is 3.73. The normalized spacial score (nSPS) is 16.3. The van der Waals surface area contributed by atoms with E-state index in [0.29, 0.717) is 17.7 Å². The first-order chi connectivity index (χ1) is 6.90. The van der Waals surface area contributed by atoms with Crippen LogP contribution in [0.25, 0.3) is 0 Å². The molecule has 0 aromatic rings. The zero-order valence-electron chi connectivity index (χ0n) is 10.1. The Labute approximate surface area is 98.3 Å². The average molecular weight is 253 g/mol. The molecule has 0 amide bonds. The Morgan fingerprint density at radius 2 is 2.00 bits per heavy atom. The molecule has 3 nitrogen and oxygen atoms in total. The minimum absolute atomic E-state index is 0.286. The van der Waals surface area contributed by atoms with Gasteiger partial charge in [0.2, 0.25) is 0 Å². The molecule has 0 saturated carbocycles. The fourth-order valence-electron chi connectivity index (χ4n) is 1.24. The number of hydrogen-bond donors (Lipinski definition) is 1. The minimum atomic E-state index is -2.80. The summed E-state index contributed by atoms with van der Waals surface area (Å²) in [5.74, 6) is 2.61. The van der Waals surface area contributed by atoms with E-state index in [4.69, 9.17) is 0 Å². The fourth-order valence-corrected chi connectivity index (χ4v) is 3.84. The van der Waals surface area contributed by atoms with Crippen molar-refractivity contribution in [1.82, 2.24) is 5.32 Å². The first kappa shape index (κ1) is 15.3. The molecule has 0 bridgehead atoms. The number of nitrogens with one attached hydrogen (secondary N) is 1. The van der Waals surface area contributed by atoms with Crippen LogP contribution >= 0.6 is 11.8 Å². The summed E-state index contributed by atoms with van der Waals surface area (Å²) >= 11 is 1.71. The Morgan fingerprint density at radius 3 is 2.40 bits per heavy atom. The molecular formula is C10H23NO2S2. The van der Waals surface area contributed by atoms with Crippen molar-refractivity contribution in [2.24, 2.45) is 5.92 Å². The van der Waals surface area contributed by atoms with Gasteiger partial charge in [-0.3, -0.25) is 0 Å². The van der Waals surface area contributed by atoms with Gasteiger partial charge in [-0.05, 0) is 13.0 Å². The summed E-state index contributed by atoms with van der Waals surface area (Å²) in [6, 6.07) is 0.486. The van der Waals surface area contributed by atoms with Gasteiger partial charge in [0.1, 0.15) is 9.84 Å². The van der Waals surface area contributed by atoms with Gasteiger partial charge in [-0.2, -0.15) is 11.8 Å². The van der Waals surface area contributed by atoms with E-state index in [9.17, 15) is 8.42 Å². The molecule has 2 atom stereocenters. The van der Waals surface area contributed by atoms with Crippen LogP contribution in [-0.4, -0.2) is 45.0 Å². The van der Waals surface area contributed by atoms with Crippen molar-refractivity contribution >= 4 is 21.6 Å². The summed E-state index contributed by atoms with van der Waals surface area (Å²) in [5, 5.41) is 3.28. The molecule has 0 aliphatic heterocycles. The lowest BCUT2D eigenvalue weighted by Crippen LogP contribution is -2.34. The standard InChI is InChI=1S/C10H23NO2S2/c1-5-9(2)10(11-3)8-14-6-7-15(4,12)13/h9-11H,5-8H2,1-4H3. The first-order valence-electron chi connectivity index (χ1n) is 5.33. The highest BCUT2D eigenvalue weighted by molar-refractivity contribution is 8.00. The van der Waals surface area contributed by atoms with Crippen LogP contribution in [0.5, 0.6) is 0 Å². The maximum atomic E-state index is 10.9. The maximum Gasteiger partial charge on any atom is 0.148 e. The molecule has 1 N–H and O–H groups in total. The van der Waals surface area contributed by atoms with E-state index in [1.54, 1.807) is 11.8 Å². The van der Waals surface area contributed by atoms with E-state index in [2.05, 4.69) is 19.2 Å². The molecule has 0 spiro atoms. The maximum absolute atomic E-state index is 10.9. The predicted octanol–water partition coefficient (Wildman–Crippen LogP) is 1.40. The molecule has 0 radical (unpaired) electrons. The van der Waals surface area contributed by atoms with Crippen LogP contribution < -0.4 is 5.32 Å². The number of hydrogen-bond acceptors (Lipinski definition) is 4. The molecule has 0 heterocycles. The number of sulfone groups is 1. The van der Waals surface area contributed by atoms with Gasteiger partial charge in [0, 0.05) is 23.8 Å². The Bertz CT molecular complexity index is 252. The molecule has 0 aromatic heterocycles. The molecule has 2 unspecified atom stereocenters. The van der Waals surface area contributed by atoms with Crippen molar-refractivity contribution in [3.63, 3.8) is 0 Å². The summed E-state index contributed by atoms with van der Waals surface area (Å²) in [7, 11) is -0.830. The van der Waals surface area contributed by atoms with Crippen LogP contribution in [0.15, 0.2) is 0 Å². The highest BCUT2D eigenvalue weighted by Crippen LogP contribution is 2.13. The quantitative estimate of drug-likeness (QED) is 0.664. The molecule has 0 rings (SSSR count). The Hall–Kier alpha value is 0.260. The first-order valence-corrected chi connectivity index (χ1v) is 8.55. The third kappa shape index (κ3) is 8.11. The van der Waals surface area contributed by atoms with Crippen LogP contribution in [0.2, 0.25) is 0 Å². The van der Waals surface area contributed by atoms with Gasteiger partial charge >= 0.3 is 0 Å².